The highest BCUT2D eigenvalue weighted by Gasteiger charge is 2.36. The van der Waals surface area contributed by atoms with Crippen LogP contribution in [0.2, 0.25) is 0 Å². The summed E-state index contributed by atoms with van der Waals surface area (Å²) in [6.45, 7) is 9.85. The molecule has 0 fully saturated rings. The van der Waals surface area contributed by atoms with Crippen molar-refractivity contribution < 1.29 is 18.7 Å². The molecule has 3 heterocycles. The molecule has 1 N–H and O–H groups in total. The molecule has 1 aromatic carbocycles. The van der Waals surface area contributed by atoms with E-state index in [4.69, 9.17) is 9.47 Å². The number of fused-ring (bicyclic) bond motifs is 1. The number of aryl methyl sites for hydroxylation is 1. The van der Waals surface area contributed by atoms with Gasteiger partial charge in [0.1, 0.15) is 33.0 Å². The highest BCUT2D eigenvalue weighted by molar-refractivity contribution is 7.21. The normalized spacial score (nSPS) is 13.2. The summed E-state index contributed by atoms with van der Waals surface area (Å²) in [5.41, 5.74) is -2.03. The molecule has 0 saturated heterocycles. The van der Waals surface area contributed by atoms with E-state index in [9.17, 15) is 24.0 Å². The van der Waals surface area contributed by atoms with Gasteiger partial charge in [-0.15, -0.1) is 0 Å². The van der Waals surface area contributed by atoms with Crippen LogP contribution in [0.1, 0.15) is 51.8 Å². The second-order valence-corrected chi connectivity index (χ2v) is 12.1. The summed E-state index contributed by atoms with van der Waals surface area (Å²) < 4.78 is 30.1. The Kier molecular flexibility index (Phi) is 9.22. The standard InChI is InChI=1S/C30H35FN6O5S/c1-17(2)34-28(39)30(5,6)37-25(38)24-19(4)26(36-12-8-11-33-36)43-27(24)35(29(37)40)15-23(42-16-18(3)14-32)21-13-20(31)9-10-22(21)41-7/h8-13,17-18,23H,15-16H2,1-7H3,(H,34,39)/t18-,23-/m0/s1. The van der Waals surface area contributed by atoms with Crippen LogP contribution >= 0.6 is 11.3 Å². The lowest BCUT2D eigenvalue weighted by Gasteiger charge is -2.28. The fourth-order valence-corrected chi connectivity index (χ4v) is 6.04. The van der Waals surface area contributed by atoms with E-state index in [2.05, 4.69) is 16.5 Å². The predicted molar refractivity (Wildman–Crippen MR) is 161 cm³/mol. The predicted octanol–water partition coefficient (Wildman–Crippen LogP) is 4.04. The number of hydrogen-bond acceptors (Lipinski definition) is 8. The number of nitriles is 1. The summed E-state index contributed by atoms with van der Waals surface area (Å²) in [7, 11) is 1.44. The molecule has 4 aromatic rings. The van der Waals surface area contributed by atoms with Crippen LogP contribution in [0.5, 0.6) is 5.75 Å². The topological polar surface area (TPSA) is 133 Å². The molecule has 0 saturated carbocycles. The van der Waals surface area contributed by atoms with Gasteiger partial charge in [0.2, 0.25) is 5.91 Å². The molecule has 0 spiro atoms. The Morgan fingerprint density at radius 3 is 2.58 bits per heavy atom. The van der Waals surface area contributed by atoms with Crippen molar-refractivity contribution in [3.63, 3.8) is 0 Å². The highest BCUT2D eigenvalue weighted by Crippen LogP contribution is 2.34. The van der Waals surface area contributed by atoms with E-state index >= 15 is 0 Å². The van der Waals surface area contributed by atoms with Gasteiger partial charge in [-0.05, 0) is 65.8 Å². The van der Waals surface area contributed by atoms with Crippen LogP contribution in [0, 0.1) is 30.0 Å². The Morgan fingerprint density at radius 2 is 1.98 bits per heavy atom. The molecule has 43 heavy (non-hydrogen) atoms. The van der Waals surface area contributed by atoms with E-state index in [0.717, 1.165) is 4.57 Å². The van der Waals surface area contributed by atoms with E-state index < -0.39 is 40.5 Å². The number of hydrogen-bond donors (Lipinski definition) is 1. The van der Waals surface area contributed by atoms with Crippen LogP contribution in [0.25, 0.3) is 15.2 Å². The SMILES string of the molecule is COc1ccc(F)cc1[C@H](Cn1c(=O)n(C(C)(C)C(=O)NC(C)C)c(=O)c2c(C)c(-n3cccn3)sc21)OC[C@@H](C)C#N. The maximum Gasteiger partial charge on any atom is 0.333 e. The molecule has 228 valence electrons. The number of rotatable bonds is 11. The van der Waals surface area contributed by atoms with Crippen LogP contribution in [-0.2, 0) is 21.6 Å². The number of carbonyl (C=O) groups excluding carboxylic acids is 1. The average molecular weight is 611 g/mol. The smallest absolute Gasteiger partial charge is 0.333 e. The highest BCUT2D eigenvalue weighted by atomic mass is 32.1. The van der Waals surface area contributed by atoms with Gasteiger partial charge in [-0.3, -0.25) is 14.2 Å². The first kappa shape index (κ1) is 31.7. The molecule has 13 heteroatoms. The van der Waals surface area contributed by atoms with Gasteiger partial charge in [0, 0.05) is 29.6 Å². The van der Waals surface area contributed by atoms with Gasteiger partial charge in [0.05, 0.1) is 37.6 Å². The number of nitrogens with zero attached hydrogens (tertiary/aromatic N) is 5. The van der Waals surface area contributed by atoms with Gasteiger partial charge in [0.15, 0.2) is 0 Å². The van der Waals surface area contributed by atoms with Crippen molar-refractivity contribution in [2.24, 2.45) is 5.92 Å². The van der Waals surface area contributed by atoms with E-state index in [1.54, 1.807) is 50.8 Å². The number of nitrogens with one attached hydrogen (secondary N) is 1. The first-order valence-corrected chi connectivity index (χ1v) is 14.6. The largest absolute Gasteiger partial charge is 0.496 e. The van der Waals surface area contributed by atoms with Crippen molar-refractivity contribution in [3.05, 3.63) is 74.4 Å². The Labute approximate surface area is 252 Å². The summed E-state index contributed by atoms with van der Waals surface area (Å²) in [5, 5.41) is 17.4. The Balaban J connectivity index is 2.03. The van der Waals surface area contributed by atoms with Crippen molar-refractivity contribution in [3.8, 4) is 16.8 Å². The number of thiophene rings is 1. The molecule has 1 amide bonds. The fraction of sp³-hybridized carbons (Fsp3) is 0.433. The van der Waals surface area contributed by atoms with Crippen molar-refractivity contribution >= 4 is 27.5 Å². The number of halogens is 1. The lowest BCUT2D eigenvalue weighted by atomic mass is 10.0. The molecule has 0 aliphatic heterocycles. The second kappa shape index (κ2) is 12.5. The van der Waals surface area contributed by atoms with Crippen molar-refractivity contribution in [2.75, 3.05) is 13.7 Å². The van der Waals surface area contributed by atoms with Crippen LogP contribution < -0.4 is 21.3 Å². The third-order valence-corrected chi connectivity index (χ3v) is 8.39. The fourth-order valence-electron chi connectivity index (χ4n) is 4.80. The molecule has 4 rings (SSSR count). The molecule has 0 radical (unpaired) electrons. The Hall–Kier alpha value is -4.28. The molecule has 2 atom stereocenters. The maximum absolute atomic E-state index is 14.5. The number of benzene rings is 1. The number of aromatic nitrogens is 4. The minimum absolute atomic E-state index is 0.0113. The maximum atomic E-state index is 14.5. The van der Waals surface area contributed by atoms with E-state index in [-0.39, 0.29) is 24.6 Å². The van der Waals surface area contributed by atoms with Gasteiger partial charge in [0.25, 0.3) is 5.56 Å². The van der Waals surface area contributed by atoms with Crippen LogP contribution in [-0.4, -0.2) is 44.6 Å². The lowest BCUT2D eigenvalue weighted by Crippen LogP contribution is -2.56. The van der Waals surface area contributed by atoms with Gasteiger partial charge in [-0.2, -0.15) is 10.4 Å². The summed E-state index contributed by atoms with van der Waals surface area (Å²) in [6, 6.07) is 7.58. The molecule has 3 aromatic heterocycles. The van der Waals surface area contributed by atoms with Gasteiger partial charge < -0.3 is 14.8 Å². The summed E-state index contributed by atoms with van der Waals surface area (Å²) in [5.74, 6) is -1.22. The first-order valence-electron chi connectivity index (χ1n) is 13.8. The monoisotopic (exact) mass is 610 g/mol. The summed E-state index contributed by atoms with van der Waals surface area (Å²) in [6.07, 6.45) is 2.37. The van der Waals surface area contributed by atoms with Crippen molar-refractivity contribution in [1.82, 2.24) is 24.2 Å². The van der Waals surface area contributed by atoms with E-state index in [1.807, 2.05) is 0 Å². The Morgan fingerprint density at radius 1 is 1.26 bits per heavy atom. The minimum Gasteiger partial charge on any atom is -0.496 e. The molecule has 0 bridgehead atoms. The van der Waals surface area contributed by atoms with E-state index in [0.29, 0.717) is 26.7 Å². The second-order valence-electron chi connectivity index (χ2n) is 11.1. The van der Waals surface area contributed by atoms with Gasteiger partial charge in [-0.25, -0.2) is 18.4 Å². The minimum atomic E-state index is -1.57. The molecule has 0 aliphatic rings. The van der Waals surface area contributed by atoms with Crippen molar-refractivity contribution in [1.29, 1.82) is 5.26 Å². The molecule has 11 nitrogen and oxygen atoms in total. The van der Waals surface area contributed by atoms with Gasteiger partial charge >= 0.3 is 5.69 Å². The number of methoxy groups -OCH3 is 1. The molecular weight excluding hydrogens is 575 g/mol. The van der Waals surface area contributed by atoms with Crippen LogP contribution in [0.15, 0.2) is 46.2 Å². The van der Waals surface area contributed by atoms with Crippen LogP contribution in [0.4, 0.5) is 4.39 Å². The Bertz CT molecular complexity index is 1800. The van der Waals surface area contributed by atoms with E-state index in [1.165, 1.54) is 55.1 Å². The summed E-state index contributed by atoms with van der Waals surface area (Å²) >= 11 is 1.19. The van der Waals surface area contributed by atoms with Crippen LogP contribution in [0.3, 0.4) is 0 Å². The third-order valence-electron chi connectivity index (χ3n) is 7.09. The van der Waals surface area contributed by atoms with Gasteiger partial charge in [-0.1, -0.05) is 11.3 Å². The number of amides is 1. The first-order chi connectivity index (χ1) is 20.3. The third kappa shape index (κ3) is 6.11. The molecule has 0 unspecified atom stereocenters. The average Bonchev–Trinajstić information content (AvgIpc) is 3.60. The lowest BCUT2D eigenvalue weighted by molar-refractivity contribution is -0.129. The zero-order valence-corrected chi connectivity index (χ0v) is 26.0. The summed E-state index contributed by atoms with van der Waals surface area (Å²) in [4.78, 5) is 42.1. The van der Waals surface area contributed by atoms with Crippen molar-refractivity contribution in [2.45, 2.75) is 65.8 Å². The molecular formula is C30H35FN6O5S. The zero-order chi connectivity index (χ0) is 31.6. The number of carbonyl (C=O) groups is 1. The quantitative estimate of drug-likeness (QED) is 0.271. The zero-order valence-electron chi connectivity index (χ0n) is 25.2. The number of ether oxygens (including phenoxy) is 2. The molecule has 0 aliphatic carbocycles.